The van der Waals surface area contributed by atoms with Crippen molar-refractivity contribution in [3.63, 3.8) is 0 Å². The number of thiol groups is 1. The zero-order valence-corrected chi connectivity index (χ0v) is 11.1. The lowest BCUT2D eigenvalue weighted by molar-refractivity contribution is 1.30. The summed E-state index contributed by atoms with van der Waals surface area (Å²) in [6, 6.07) is 8.62. The van der Waals surface area contributed by atoms with E-state index in [-0.39, 0.29) is 0 Å². The fourth-order valence-electron chi connectivity index (χ4n) is 1.35. The summed E-state index contributed by atoms with van der Waals surface area (Å²) >= 11 is 0. The molecule has 2 unspecified atom stereocenters. The summed E-state index contributed by atoms with van der Waals surface area (Å²) in [5.41, 5.74) is 1.39. The van der Waals surface area contributed by atoms with Crippen LogP contribution in [0.25, 0.3) is 0 Å². The number of aryl methyl sites for hydroxylation is 1. The molecule has 12 heavy (non-hydrogen) atoms. The highest BCUT2D eigenvalue weighted by Gasteiger charge is 2.23. The van der Waals surface area contributed by atoms with E-state index in [1.54, 1.807) is 0 Å². The minimum Gasteiger partial charge on any atom is -0.266 e. The average Bonchev–Trinajstić information content (AvgIpc) is 1.84. The van der Waals surface area contributed by atoms with Crippen molar-refractivity contribution in [2.45, 2.75) is 11.8 Å². The molecule has 0 aromatic heterocycles. The highest BCUT2D eigenvalue weighted by molar-refractivity contribution is 9.12. The van der Waals surface area contributed by atoms with Crippen molar-refractivity contribution < 1.29 is 0 Å². The van der Waals surface area contributed by atoms with Gasteiger partial charge in [0.2, 0.25) is 0 Å². The number of hydrogen-bond acceptors (Lipinski definition) is 0. The Balaban J connectivity index is 3.30. The van der Waals surface area contributed by atoms with E-state index < -0.39 is 8.25 Å². The predicted molar refractivity (Wildman–Crippen MR) is 72.3 cm³/mol. The van der Waals surface area contributed by atoms with Gasteiger partial charge < -0.3 is 0 Å². The van der Waals surface area contributed by atoms with Gasteiger partial charge in [-0.15, -0.1) is 16.9 Å². The number of benzene rings is 1. The van der Waals surface area contributed by atoms with Crippen LogP contribution in [-0.2, 0) is 0 Å². The van der Waals surface area contributed by atoms with Crippen LogP contribution < -0.4 is 0 Å². The van der Waals surface area contributed by atoms with Gasteiger partial charge in [-0.25, -0.2) is 0 Å². The molecule has 0 aliphatic heterocycles. The molecule has 1 rings (SSSR count). The van der Waals surface area contributed by atoms with Crippen LogP contribution >= 0.6 is 25.1 Å². The molecule has 0 radical (unpaired) electrons. The summed E-state index contributed by atoms with van der Waals surface area (Å²) < 4.78 is 0. The van der Waals surface area contributed by atoms with Gasteiger partial charge in [0, 0.05) is 0 Å². The maximum atomic E-state index is 3.02. The smallest absolute Gasteiger partial charge is 0.149 e. The third-order valence-corrected chi connectivity index (χ3v) is 5.57. The summed E-state index contributed by atoms with van der Waals surface area (Å²) in [6.07, 6.45) is 2.32. The Kier molecular flexibility index (Phi) is 2.66. The lowest BCUT2D eigenvalue weighted by atomic mass is 10.2. The highest BCUT2D eigenvalue weighted by Crippen LogP contribution is 2.82. The molecule has 0 saturated carbocycles. The second kappa shape index (κ2) is 3.01. The Morgan fingerprint density at radius 1 is 1.25 bits per heavy atom. The highest BCUT2D eigenvalue weighted by atomic mass is 33.1. The molecule has 1 aromatic carbocycles. The van der Waals surface area contributed by atoms with Gasteiger partial charge in [-0.05, 0) is 23.6 Å². The van der Waals surface area contributed by atoms with Gasteiger partial charge >= 0.3 is 0 Å². The quantitative estimate of drug-likeness (QED) is 0.417. The van der Waals surface area contributed by atoms with Crippen LogP contribution in [0.4, 0.5) is 0 Å². The topological polar surface area (TPSA) is 0 Å². The first-order valence-electron chi connectivity index (χ1n) is 3.96. The molecule has 1 aromatic rings. The third-order valence-electron chi connectivity index (χ3n) is 1.88. The van der Waals surface area contributed by atoms with Crippen molar-refractivity contribution in [1.82, 2.24) is 0 Å². The third kappa shape index (κ3) is 2.49. The van der Waals surface area contributed by atoms with E-state index in [1.807, 2.05) is 0 Å². The van der Waals surface area contributed by atoms with Gasteiger partial charge in [0.1, 0.15) is 7.12 Å². The summed E-state index contributed by atoms with van der Waals surface area (Å²) in [7, 11) is 6.65. The molecule has 0 saturated heterocycles. The molecule has 0 aliphatic carbocycles. The Hall–Kier alpha value is 0.495. The fraction of sp³-hybridized carbons (Fsp3) is 0.250. The van der Waals surface area contributed by atoms with Crippen molar-refractivity contribution >= 4 is 32.3 Å². The Bertz CT molecular complexity index is 294. The Morgan fingerprint density at radius 2 is 1.75 bits per heavy atom. The maximum absolute atomic E-state index is 3.02. The summed E-state index contributed by atoms with van der Waals surface area (Å²) in [5.74, 6) is 0. The van der Waals surface area contributed by atoms with Crippen LogP contribution in [0.15, 0.2) is 29.2 Å². The Morgan fingerprint density at radius 3 is 2.08 bits per heavy atom. The molecule has 0 aliphatic rings. The minimum absolute atomic E-state index is 1.39. The SMILES string of the molecule is B[SH](C)(P)(P)c1ccccc1C. The molecule has 0 heterocycles. The van der Waals surface area contributed by atoms with Crippen LogP contribution in [0.2, 0.25) is 0 Å². The van der Waals surface area contributed by atoms with Crippen molar-refractivity contribution in [3.05, 3.63) is 29.8 Å². The minimum atomic E-state index is -1.71. The van der Waals surface area contributed by atoms with Crippen LogP contribution in [0.3, 0.4) is 0 Å². The van der Waals surface area contributed by atoms with E-state index in [4.69, 9.17) is 0 Å². The number of rotatable bonds is 1. The van der Waals surface area contributed by atoms with Crippen LogP contribution in [0.5, 0.6) is 0 Å². The maximum Gasteiger partial charge on any atom is 0.149 e. The van der Waals surface area contributed by atoms with Crippen molar-refractivity contribution in [2.24, 2.45) is 0 Å². The van der Waals surface area contributed by atoms with Crippen LogP contribution in [-0.4, -0.2) is 13.4 Å². The molecule has 0 bridgehead atoms. The van der Waals surface area contributed by atoms with Crippen molar-refractivity contribution in [2.75, 3.05) is 6.26 Å². The first-order chi connectivity index (χ1) is 5.27. The summed E-state index contributed by atoms with van der Waals surface area (Å²) in [4.78, 5) is 1.48. The summed E-state index contributed by atoms with van der Waals surface area (Å²) in [6.45, 7) is 2.18. The van der Waals surface area contributed by atoms with Gasteiger partial charge in [-0.3, -0.25) is 8.25 Å². The van der Waals surface area contributed by atoms with Crippen LogP contribution in [0.1, 0.15) is 5.56 Å². The molecule has 2 atom stereocenters. The van der Waals surface area contributed by atoms with E-state index in [9.17, 15) is 0 Å². The van der Waals surface area contributed by atoms with E-state index >= 15 is 0 Å². The van der Waals surface area contributed by atoms with Crippen molar-refractivity contribution in [3.8, 4) is 0 Å². The van der Waals surface area contributed by atoms with Crippen LogP contribution in [0, 0.1) is 6.92 Å². The van der Waals surface area contributed by atoms with Gasteiger partial charge in [0.05, 0.1) is 0 Å². The van der Waals surface area contributed by atoms with E-state index in [0.717, 1.165) is 0 Å². The lowest BCUT2D eigenvalue weighted by Gasteiger charge is -2.48. The van der Waals surface area contributed by atoms with Crippen molar-refractivity contribution in [1.29, 1.82) is 0 Å². The molecule has 0 spiro atoms. The van der Waals surface area contributed by atoms with E-state index in [2.05, 4.69) is 61.5 Å². The monoisotopic (exact) mass is 218 g/mol. The second-order valence-corrected chi connectivity index (χ2v) is 20.6. The molecule has 4 heteroatoms. The largest absolute Gasteiger partial charge is 0.266 e. The molecule has 0 amide bonds. The molecule has 0 nitrogen and oxygen atoms in total. The average molecular weight is 218 g/mol. The normalized spacial score (nSPS) is 15.2. The lowest BCUT2D eigenvalue weighted by Crippen LogP contribution is -2.00. The second-order valence-electron chi connectivity index (χ2n) is 4.12. The number of hydrogen-bond donors (Lipinski definition) is 1. The van der Waals surface area contributed by atoms with E-state index in [0.29, 0.717) is 0 Å². The molecular formula is C8H17BP2S. The van der Waals surface area contributed by atoms with Gasteiger partial charge in [0.25, 0.3) is 0 Å². The van der Waals surface area contributed by atoms with Gasteiger partial charge in [-0.1, -0.05) is 24.3 Å². The summed E-state index contributed by atoms with van der Waals surface area (Å²) in [5, 5.41) is 0. The van der Waals surface area contributed by atoms with E-state index in [1.165, 1.54) is 10.5 Å². The first kappa shape index (κ1) is 10.6. The zero-order valence-electron chi connectivity index (χ0n) is 7.91. The Labute approximate surface area is 80.4 Å². The van der Waals surface area contributed by atoms with Gasteiger partial charge in [0.15, 0.2) is 0 Å². The fourth-order valence-corrected chi connectivity index (χ4v) is 4.84. The molecular weight excluding hydrogens is 201 g/mol. The predicted octanol–water partition coefficient (Wildman–Crippen LogP) is 2.18. The van der Waals surface area contributed by atoms with Gasteiger partial charge in [-0.2, -0.15) is 0 Å². The standard InChI is InChI=1S/C8H17BP2S/c1-7-5-3-4-6-8(7)12(2,9,10)11/h3-6,12H,9-11H2,1-2H3. The molecule has 0 N–H and O–H groups in total. The first-order valence-corrected chi connectivity index (χ1v) is 10.3. The molecule has 68 valence electrons. The molecule has 0 fully saturated rings. The zero-order chi connectivity index (χ0) is 9.43.